The van der Waals surface area contributed by atoms with Gasteiger partial charge in [-0.15, -0.1) is 56.7 Å². The van der Waals surface area contributed by atoms with Gasteiger partial charge in [-0.1, -0.05) is 48.3 Å². The van der Waals surface area contributed by atoms with Crippen LogP contribution in [0.1, 0.15) is 212 Å². The third-order valence-corrected chi connectivity index (χ3v) is 25.0. The van der Waals surface area contributed by atoms with Gasteiger partial charge in [0.05, 0.1) is 24.6 Å². The second-order valence-electron chi connectivity index (χ2n) is 29.7. The van der Waals surface area contributed by atoms with E-state index in [1.807, 2.05) is 73.7 Å². The highest BCUT2D eigenvalue weighted by Crippen LogP contribution is 2.41. The third-order valence-electron chi connectivity index (χ3n) is 19.4. The molecule has 0 bridgehead atoms. The Hall–Kier alpha value is -7.99. The van der Waals surface area contributed by atoms with E-state index in [4.69, 9.17) is 16.3 Å². The van der Waals surface area contributed by atoms with Crippen LogP contribution < -0.4 is 32.3 Å². The molecule has 24 nitrogen and oxygen atoms in total. The maximum absolute atomic E-state index is 13.3. The highest BCUT2D eigenvalue weighted by Gasteiger charge is 2.40. The number of thiazole rings is 5. The Balaban J connectivity index is 0.000000171. The number of carbonyl (C=O) groups is 1. The lowest BCUT2D eigenvalue weighted by atomic mass is 9.92. The molecule has 0 aliphatic heterocycles. The first-order chi connectivity index (χ1) is 57.1. The first kappa shape index (κ1) is 96.8. The molecule has 5 aliphatic carbocycles. The van der Waals surface area contributed by atoms with Crippen molar-refractivity contribution in [3.8, 4) is 54.2 Å². The summed E-state index contributed by atoms with van der Waals surface area (Å²) in [5.74, 6) is -7.97. The first-order valence-electron chi connectivity index (χ1n) is 39.5. The van der Waals surface area contributed by atoms with Crippen molar-refractivity contribution < 1.29 is 58.5 Å². The highest BCUT2D eigenvalue weighted by molar-refractivity contribution is 9.08. The van der Waals surface area contributed by atoms with Gasteiger partial charge in [-0.3, -0.25) is 0 Å². The van der Waals surface area contributed by atoms with Gasteiger partial charge in [0, 0.05) is 191 Å². The number of nitrogens with two attached hydrogens (primary N) is 1. The second kappa shape index (κ2) is 44.6. The van der Waals surface area contributed by atoms with Crippen LogP contribution in [0.5, 0.6) is 0 Å². The molecule has 10 aromatic rings. The van der Waals surface area contributed by atoms with E-state index < -0.39 is 35.6 Å². The van der Waals surface area contributed by atoms with E-state index >= 15 is 0 Å². The predicted molar refractivity (Wildman–Crippen MR) is 464 cm³/mol. The summed E-state index contributed by atoms with van der Waals surface area (Å²) in [5.41, 5.74) is 11.4. The number of rotatable bonds is 21. The number of halogens is 12. The smallest absolute Gasteiger partial charge is 0.357 e. The van der Waals surface area contributed by atoms with E-state index in [0.29, 0.717) is 154 Å². The normalized spacial score (nSPS) is 17.5. The Kier molecular flexibility index (Phi) is 35.7. The van der Waals surface area contributed by atoms with E-state index in [1.54, 1.807) is 19.1 Å². The molecule has 15 rings (SSSR count). The van der Waals surface area contributed by atoms with Gasteiger partial charge in [0.15, 0.2) is 59.9 Å². The molecule has 5 fully saturated rings. The Labute approximate surface area is 730 Å². The number of aromatic nitrogens is 15. The highest BCUT2D eigenvalue weighted by atomic mass is 79.9. The fourth-order valence-corrected chi connectivity index (χ4v) is 17.4. The molecule has 0 saturated heterocycles. The van der Waals surface area contributed by atoms with Gasteiger partial charge < -0.3 is 42.2 Å². The van der Waals surface area contributed by atoms with Crippen molar-refractivity contribution in [2.75, 3.05) is 40.2 Å². The number of aryl methyl sites for hydroxylation is 6. The molecule has 0 unspecified atom stereocenters. The quantitative estimate of drug-likeness (QED) is 0.0152. The van der Waals surface area contributed by atoms with Crippen molar-refractivity contribution in [2.45, 2.75) is 269 Å². The van der Waals surface area contributed by atoms with Gasteiger partial charge in [-0.2, -0.15) is 0 Å². The van der Waals surface area contributed by atoms with Crippen LogP contribution in [-0.2, 0) is 23.1 Å². The molecular formula is C80H101BrClF10N21O3S5. The van der Waals surface area contributed by atoms with Crippen molar-refractivity contribution in [1.82, 2.24) is 74.8 Å². The number of hydrogen-bond donors (Lipinski definition) is 7. The molecule has 658 valence electrons. The van der Waals surface area contributed by atoms with Gasteiger partial charge in [-0.25, -0.2) is 123 Å². The molecule has 8 N–H and O–H groups in total. The summed E-state index contributed by atoms with van der Waals surface area (Å²) in [4.78, 5) is 78.1. The summed E-state index contributed by atoms with van der Waals surface area (Å²) >= 11 is 16.7. The molecule has 121 heavy (non-hydrogen) atoms. The van der Waals surface area contributed by atoms with E-state index in [1.165, 1.54) is 69.8 Å². The minimum Gasteiger partial charge on any atom is -0.461 e. The van der Waals surface area contributed by atoms with E-state index in [9.17, 15) is 53.8 Å². The van der Waals surface area contributed by atoms with E-state index in [2.05, 4.69) is 130 Å². The Morgan fingerprint density at radius 2 is 0.669 bits per heavy atom. The summed E-state index contributed by atoms with van der Waals surface area (Å²) in [6, 6.07) is 8.43. The number of hydrogen-bond acceptors (Lipinski definition) is 29. The Morgan fingerprint density at radius 3 is 0.942 bits per heavy atom. The summed E-state index contributed by atoms with van der Waals surface area (Å²) in [5, 5.41) is 39.6. The molecule has 0 spiro atoms. The minimum absolute atomic E-state index is 0. The number of aliphatic hydroxyl groups is 1. The third kappa shape index (κ3) is 30.4. The average molecular weight is 1870 g/mol. The number of aliphatic hydroxyl groups excluding tert-OH is 1. The van der Waals surface area contributed by atoms with Crippen LogP contribution in [0.4, 0.5) is 73.0 Å². The van der Waals surface area contributed by atoms with Gasteiger partial charge in [-0.05, 0) is 119 Å². The van der Waals surface area contributed by atoms with Crippen molar-refractivity contribution in [3.05, 3.63) is 114 Å². The zero-order valence-electron chi connectivity index (χ0n) is 67.5. The number of esters is 1. The van der Waals surface area contributed by atoms with E-state index in [0.717, 1.165) is 62.7 Å². The largest absolute Gasteiger partial charge is 0.461 e. The lowest BCUT2D eigenvalue weighted by Crippen LogP contribution is -2.32. The standard InChI is InChI=1S/C17H20F2N4O2S.C17H22F2N4S.C15H17BrF2N4S.C15H18F2N4OS.C14H15ClF2N4S.CH5N.CH4/c1-3-25-16(24)12-8-13(21-11-4-6-17(18,19)7-5-11)23-14(22-12)15-20-10(2)9-26-15;1-3-4-13-9-14(21-12-5-7-17(18,19)8-6-12)23-15(22-13)16-20-11(2)10-24-16;1-9-8-23-14(19-9)13-21-11(7-16)6-12(22-13)20-10-2-4-15(17,18)5-3-10;1-9-8-23-14(18-9)13-20-11(7-22)6-12(21-13)19-10-2-4-15(16,17)5-3-10;1-8-7-22-13(18-8)12-20-10(15)6-11(21-12)19-9-2-4-14(16,17)5-3-9;1-2;/h8-9,11H,3-7H2,1-2H3,(H,21,22,23);9-10,12H,3-8H2,1-2H3,(H,21,22,23);6,8,10H,2-5,7H2,1H3,(H,20,21,22);6,8,10,22H,2-5,7H2,1H3,(H,19,20,21);6-7,9H,2-5H2,1H3,(H,19,20,21);2H2,1H3;1H4. The number of anilines is 5. The van der Waals surface area contributed by atoms with Crippen LogP contribution in [0.15, 0.2) is 57.2 Å². The fourth-order valence-electron chi connectivity index (χ4n) is 13.3. The van der Waals surface area contributed by atoms with Crippen molar-refractivity contribution in [2.24, 2.45) is 5.73 Å². The maximum atomic E-state index is 13.3. The van der Waals surface area contributed by atoms with Gasteiger partial charge in [0.1, 0.15) is 34.2 Å². The van der Waals surface area contributed by atoms with Crippen LogP contribution in [0.2, 0.25) is 5.15 Å². The Bertz CT molecular complexity index is 4800. The molecule has 0 atom stereocenters. The lowest BCUT2D eigenvalue weighted by Gasteiger charge is -2.29. The molecular weight excluding hydrogens is 1770 g/mol. The van der Waals surface area contributed by atoms with Gasteiger partial charge >= 0.3 is 5.97 Å². The van der Waals surface area contributed by atoms with Crippen molar-refractivity contribution in [1.29, 1.82) is 0 Å². The van der Waals surface area contributed by atoms with Crippen LogP contribution in [0.25, 0.3) is 54.2 Å². The molecule has 10 aromatic heterocycles. The van der Waals surface area contributed by atoms with Crippen LogP contribution in [-0.4, -0.2) is 159 Å². The predicted octanol–water partition coefficient (Wildman–Crippen LogP) is 21.9. The molecule has 10 heterocycles. The molecule has 0 radical (unpaired) electrons. The summed E-state index contributed by atoms with van der Waals surface area (Å²) < 4.78 is 138. The molecule has 0 aromatic carbocycles. The minimum atomic E-state index is -2.59. The average Bonchev–Trinajstić information content (AvgIpc) is 1.80. The molecule has 5 saturated carbocycles. The molecule has 0 amide bonds. The van der Waals surface area contributed by atoms with Crippen LogP contribution >= 0.6 is 84.2 Å². The van der Waals surface area contributed by atoms with Crippen molar-refractivity contribution in [3.63, 3.8) is 0 Å². The Morgan fingerprint density at radius 1 is 0.413 bits per heavy atom. The number of ether oxygens (including phenoxy) is 1. The monoisotopic (exact) mass is 1870 g/mol. The summed E-state index contributed by atoms with van der Waals surface area (Å²) in [6.07, 6.45) is 5.02. The topological polar surface area (TPSA) is 326 Å². The SMILES string of the molecule is C.CCCc1cc(NC2CCC(F)(F)CC2)nc(-c2nc(C)cs2)n1.CCOC(=O)c1cc(NC2CCC(F)(F)CC2)nc(-c2nc(C)cs2)n1.CN.Cc1csc(-c2nc(CBr)cc(NC3CCC(F)(F)CC3)n2)n1.Cc1csc(-c2nc(CO)cc(NC3CCC(F)(F)CC3)n2)n1.Cc1csc(-c2nc(Cl)cc(NC3CCC(F)(F)CC3)n2)n1. The number of alkyl halides is 11. The summed E-state index contributed by atoms with van der Waals surface area (Å²) in [7, 11) is 1.50. The second-order valence-corrected chi connectivity index (χ2v) is 34.9. The van der Waals surface area contributed by atoms with E-state index in [-0.39, 0.29) is 121 Å². The molecule has 5 aliphatic rings. The number of carbonyl (C=O) groups excluding carboxylic acids is 1. The van der Waals surface area contributed by atoms with Gasteiger partial charge in [0.25, 0.3) is 0 Å². The first-order valence-corrected chi connectivity index (χ1v) is 45.4. The lowest BCUT2D eigenvalue weighted by molar-refractivity contribution is -0.0366. The van der Waals surface area contributed by atoms with Crippen LogP contribution in [0.3, 0.4) is 0 Å². The fraction of sp³-hybridized carbons (Fsp3) is 0.550. The van der Waals surface area contributed by atoms with Crippen LogP contribution in [0, 0.1) is 34.6 Å². The number of nitrogens with one attached hydrogen (secondary N) is 5. The summed E-state index contributed by atoms with van der Waals surface area (Å²) in [6.45, 7) is 13.3. The number of nitrogens with zero attached hydrogens (tertiary/aromatic N) is 15. The van der Waals surface area contributed by atoms with Gasteiger partial charge in [0.2, 0.25) is 29.6 Å². The maximum Gasteiger partial charge on any atom is 0.357 e. The zero-order valence-corrected chi connectivity index (χ0v) is 73.9. The zero-order chi connectivity index (χ0) is 86.5. The molecule has 41 heteroatoms. The van der Waals surface area contributed by atoms with Crippen molar-refractivity contribution >= 4 is 119 Å².